The fourth-order valence-electron chi connectivity index (χ4n) is 2.46. The van der Waals surface area contributed by atoms with Crippen LogP contribution in [0.4, 0.5) is 5.95 Å². The number of aromatic nitrogens is 2. The van der Waals surface area contributed by atoms with Crippen molar-refractivity contribution in [3.8, 4) is 17.2 Å². The fourth-order valence-corrected chi connectivity index (χ4v) is 2.76. The Morgan fingerprint density at radius 2 is 1.89 bits per heavy atom. The minimum atomic E-state index is -0.766. The van der Waals surface area contributed by atoms with E-state index in [9.17, 15) is 4.79 Å². The van der Waals surface area contributed by atoms with Gasteiger partial charge >= 0.3 is 0 Å². The Morgan fingerprint density at radius 1 is 1.19 bits per heavy atom. The average Bonchev–Trinajstić information content (AvgIpc) is 3.08. The lowest BCUT2D eigenvalue weighted by atomic mass is 10.1. The molecule has 3 aromatic rings. The number of nitrogens with one attached hydrogen (secondary N) is 1. The molecule has 0 aliphatic rings. The zero-order valence-electron chi connectivity index (χ0n) is 14.9. The van der Waals surface area contributed by atoms with E-state index in [1.165, 1.54) is 0 Å². The molecule has 3 rings (SSSR count). The number of rotatable bonds is 5. The Hall–Kier alpha value is -2.57. The van der Waals surface area contributed by atoms with Crippen LogP contribution in [0.2, 0.25) is 10.0 Å². The van der Waals surface area contributed by atoms with E-state index in [0.29, 0.717) is 21.4 Å². The maximum atomic E-state index is 12.3. The highest BCUT2D eigenvalue weighted by atomic mass is 35.5. The van der Waals surface area contributed by atoms with Gasteiger partial charge in [-0.1, -0.05) is 29.3 Å². The van der Waals surface area contributed by atoms with Crippen molar-refractivity contribution in [2.75, 3.05) is 5.32 Å². The number of nitrogens with zero attached hydrogens (tertiary/aromatic N) is 2. The van der Waals surface area contributed by atoms with Gasteiger partial charge in [0.2, 0.25) is 0 Å². The predicted molar refractivity (Wildman–Crippen MR) is 104 cm³/mol. The number of carbonyl (C=O) groups excluding carboxylic acids is 1. The van der Waals surface area contributed by atoms with Crippen molar-refractivity contribution in [2.24, 2.45) is 0 Å². The molecule has 0 spiro atoms. The Bertz CT molecular complexity index is 965. The molecule has 1 atom stereocenters. The average molecular weight is 406 g/mol. The number of aryl methyl sites for hydroxylation is 2. The normalized spacial score (nSPS) is 11.9. The van der Waals surface area contributed by atoms with Gasteiger partial charge in [0.25, 0.3) is 17.7 Å². The molecule has 1 heterocycles. The highest BCUT2D eigenvalue weighted by molar-refractivity contribution is 6.32. The number of ether oxygens (including phenoxy) is 1. The summed E-state index contributed by atoms with van der Waals surface area (Å²) in [6.45, 7) is 5.39. The molecule has 0 radical (unpaired) electrons. The first-order chi connectivity index (χ1) is 12.8. The van der Waals surface area contributed by atoms with Crippen LogP contribution < -0.4 is 10.1 Å². The number of hydrogen-bond donors (Lipinski definition) is 1. The summed E-state index contributed by atoms with van der Waals surface area (Å²) in [4.78, 5) is 16.5. The van der Waals surface area contributed by atoms with Crippen LogP contribution in [0.25, 0.3) is 11.5 Å². The fraction of sp³-hybridized carbons (Fsp3) is 0.211. The molecule has 8 heteroatoms. The summed E-state index contributed by atoms with van der Waals surface area (Å²) in [6.07, 6.45) is -0.766. The first-order valence-corrected chi connectivity index (χ1v) is 8.93. The third kappa shape index (κ3) is 4.59. The summed E-state index contributed by atoms with van der Waals surface area (Å²) < 4.78 is 10.9. The summed E-state index contributed by atoms with van der Waals surface area (Å²) in [7, 11) is 0. The van der Waals surface area contributed by atoms with Crippen LogP contribution in [-0.4, -0.2) is 22.2 Å². The number of benzene rings is 2. The Morgan fingerprint density at radius 3 is 2.56 bits per heavy atom. The number of anilines is 1. The Labute approximate surface area is 166 Å². The smallest absolute Gasteiger partial charge is 0.270 e. The third-order valence-corrected chi connectivity index (χ3v) is 4.66. The Balaban J connectivity index is 1.67. The predicted octanol–water partition coefficient (Wildman–Crippen LogP) is 5.07. The Kier molecular flexibility index (Phi) is 5.68. The molecule has 0 aliphatic carbocycles. The molecule has 1 N–H and O–H groups in total. The van der Waals surface area contributed by atoms with Crippen molar-refractivity contribution < 1.29 is 14.1 Å². The summed E-state index contributed by atoms with van der Waals surface area (Å²) >= 11 is 12.1. The SMILES string of the molecule is Cc1cc(O[C@@H](C)C(=O)Nc2noc(-c3cccc(Cl)c3)n2)cc(C)c1Cl. The standard InChI is InChI=1S/C19H17Cl2N3O3/c1-10-7-15(8-11(2)16(10)21)26-12(3)17(25)22-19-23-18(27-24-19)13-5-4-6-14(20)9-13/h4-9,12H,1-3H3,(H,22,24,25)/t12-/m0/s1. The molecule has 0 aliphatic heterocycles. The zero-order valence-corrected chi connectivity index (χ0v) is 16.4. The molecule has 1 aromatic heterocycles. The van der Waals surface area contributed by atoms with Crippen molar-refractivity contribution in [1.29, 1.82) is 0 Å². The largest absolute Gasteiger partial charge is 0.481 e. The first-order valence-electron chi connectivity index (χ1n) is 8.17. The summed E-state index contributed by atoms with van der Waals surface area (Å²) in [6, 6.07) is 10.5. The number of hydrogen-bond acceptors (Lipinski definition) is 5. The van der Waals surface area contributed by atoms with Gasteiger partial charge in [-0.25, -0.2) is 0 Å². The van der Waals surface area contributed by atoms with Crippen LogP contribution in [0.15, 0.2) is 40.9 Å². The molecule has 27 heavy (non-hydrogen) atoms. The van der Waals surface area contributed by atoms with E-state index >= 15 is 0 Å². The van der Waals surface area contributed by atoms with E-state index in [1.807, 2.05) is 13.8 Å². The van der Waals surface area contributed by atoms with Gasteiger partial charge in [-0.05, 0) is 67.4 Å². The van der Waals surface area contributed by atoms with E-state index < -0.39 is 12.0 Å². The number of halogens is 2. The monoisotopic (exact) mass is 405 g/mol. The molecule has 0 saturated carbocycles. The minimum Gasteiger partial charge on any atom is -0.481 e. The van der Waals surface area contributed by atoms with Crippen LogP contribution >= 0.6 is 23.2 Å². The van der Waals surface area contributed by atoms with Gasteiger partial charge in [0, 0.05) is 15.6 Å². The second-order valence-electron chi connectivity index (χ2n) is 6.05. The van der Waals surface area contributed by atoms with E-state index in [2.05, 4.69) is 15.5 Å². The topological polar surface area (TPSA) is 77.2 Å². The van der Waals surface area contributed by atoms with Crippen LogP contribution in [0.5, 0.6) is 5.75 Å². The molecular formula is C19H17Cl2N3O3. The van der Waals surface area contributed by atoms with Crippen LogP contribution in [0, 0.1) is 13.8 Å². The molecular weight excluding hydrogens is 389 g/mol. The first kappa shape index (κ1) is 19.2. The second kappa shape index (κ2) is 7.98. The molecule has 0 fully saturated rings. The molecule has 0 saturated heterocycles. The van der Waals surface area contributed by atoms with Crippen molar-refractivity contribution in [2.45, 2.75) is 26.9 Å². The summed E-state index contributed by atoms with van der Waals surface area (Å²) in [5, 5.41) is 7.55. The minimum absolute atomic E-state index is 0.0499. The lowest BCUT2D eigenvalue weighted by Crippen LogP contribution is -2.30. The van der Waals surface area contributed by atoms with E-state index in [-0.39, 0.29) is 11.8 Å². The van der Waals surface area contributed by atoms with Crippen LogP contribution in [-0.2, 0) is 4.79 Å². The molecule has 6 nitrogen and oxygen atoms in total. The highest BCUT2D eigenvalue weighted by Gasteiger charge is 2.19. The van der Waals surface area contributed by atoms with Gasteiger partial charge < -0.3 is 9.26 Å². The molecule has 0 bridgehead atoms. The number of amides is 1. The number of carbonyl (C=O) groups is 1. The van der Waals surface area contributed by atoms with E-state index in [0.717, 1.165) is 11.1 Å². The highest BCUT2D eigenvalue weighted by Crippen LogP contribution is 2.27. The van der Waals surface area contributed by atoms with Crippen molar-refractivity contribution in [3.05, 3.63) is 57.6 Å². The molecule has 2 aromatic carbocycles. The molecule has 0 unspecified atom stereocenters. The van der Waals surface area contributed by atoms with Crippen molar-refractivity contribution in [3.63, 3.8) is 0 Å². The van der Waals surface area contributed by atoms with Crippen LogP contribution in [0.1, 0.15) is 18.1 Å². The van der Waals surface area contributed by atoms with Crippen molar-refractivity contribution in [1.82, 2.24) is 10.1 Å². The van der Waals surface area contributed by atoms with Crippen molar-refractivity contribution >= 4 is 35.1 Å². The molecule has 1 amide bonds. The lowest BCUT2D eigenvalue weighted by Gasteiger charge is -2.15. The molecule has 140 valence electrons. The van der Waals surface area contributed by atoms with Gasteiger partial charge in [0.15, 0.2) is 6.10 Å². The second-order valence-corrected chi connectivity index (χ2v) is 6.87. The van der Waals surface area contributed by atoms with Crippen LogP contribution in [0.3, 0.4) is 0 Å². The lowest BCUT2D eigenvalue weighted by molar-refractivity contribution is -0.122. The zero-order chi connectivity index (χ0) is 19.6. The quantitative estimate of drug-likeness (QED) is 0.641. The third-order valence-electron chi connectivity index (χ3n) is 3.82. The summed E-state index contributed by atoms with van der Waals surface area (Å²) in [5.74, 6) is 0.461. The van der Waals surface area contributed by atoms with E-state index in [4.69, 9.17) is 32.5 Å². The van der Waals surface area contributed by atoms with Gasteiger partial charge in [0.05, 0.1) is 0 Å². The van der Waals surface area contributed by atoms with Gasteiger partial charge in [-0.15, -0.1) is 0 Å². The maximum Gasteiger partial charge on any atom is 0.270 e. The van der Waals surface area contributed by atoms with E-state index in [1.54, 1.807) is 43.3 Å². The van der Waals surface area contributed by atoms with Gasteiger partial charge in [0.1, 0.15) is 5.75 Å². The van der Waals surface area contributed by atoms with Gasteiger partial charge in [-0.2, -0.15) is 4.98 Å². The summed E-state index contributed by atoms with van der Waals surface area (Å²) in [5.41, 5.74) is 2.42. The van der Waals surface area contributed by atoms with Gasteiger partial charge in [-0.3, -0.25) is 10.1 Å². The maximum absolute atomic E-state index is 12.3.